The molecule has 2 rings (SSSR count). The minimum absolute atomic E-state index is 0.156. The molecule has 1 aliphatic carbocycles. The Morgan fingerprint density at radius 1 is 1.47 bits per heavy atom. The van der Waals surface area contributed by atoms with Gasteiger partial charge in [0.05, 0.1) is 17.7 Å². The molecule has 92 valence electrons. The van der Waals surface area contributed by atoms with Gasteiger partial charge in [-0.05, 0) is 32.0 Å². The summed E-state index contributed by atoms with van der Waals surface area (Å²) >= 11 is 0. The number of amides is 1. The van der Waals surface area contributed by atoms with Crippen LogP contribution in [0.1, 0.15) is 25.0 Å². The quantitative estimate of drug-likeness (QED) is 0.800. The Labute approximate surface area is 102 Å². The summed E-state index contributed by atoms with van der Waals surface area (Å²) in [5, 5.41) is 6.10. The molecule has 4 nitrogen and oxygen atoms in total. The van der Waals surface area contributed by atoms with E-state index in [9.17, 15) is 4.79 Å². The van der Waals surface area contributed by atoms with Crippen molar-refractivity contribution in [3.05, 3.63) is 30.1 Å². The van der Waals surface area contributed by atoms with Crippen molar-refractivity contribution in [3.8, 4) is 0 Å². The summed E-state index contributed by atoms with van der Waals surface area (Å²) in [5.41, 5.74) is 0.726. The highest BCUT2D eigenvalue weighted by Crippen LogP contribution is 2.40. The van der Waals surface area contributed by atoms with Crippen LogP contribution in [-0.2, 0) is 11.3 Å². The number of rotatable bonds is 5. The largest absolute Gasteiger partial charge is 0.350 e. The maximum absolute atomic E-state index is 12.1. The maximum atomic E-state index is 12.1. The van der Waals surface area contributed by atoms with E-state index in [2.05, 4.69) is 15.6 Å². The van der Waals surface area contributed by atoms with Crippen LogP contribution in [0.2, 0.25) is 0 Å². The fourth-order valence-corrected chi connectivity index (χ4v) is 2.29. The zero-order valence-electron chi connectivity index (χ0n) is 10.2. The molecule has 1 aromatic rings. The van der Waals surface area contributed by atoms with E-state index in [0.29, 0.717) is 6.54 Å². The highest BCUT2D eigenvalue weighted by molar-refractivity contribution is 5.83. The summed E-state index contributed by atoms with van der Waals surface area (Å²) < 4.78 is 0. The van der Waals surface area contributed by atoms with Gasteiger partial charge in [-0.15, -0.1) is 0 Å². The van der Waals surface area contributed by atoms with Gasteiger partial charge in [0.1, 0.15) is 0 Å². The van der Waals surface area contributed by atoms with Gasteiger partial charge in [-0.25, -0.2) is 0 Å². The van der Waals surface area contributed by atoms with Gasteiger partial charge in [-0.2, -0.15) is 0 Å². The summed E-state index contributed by atoms with van der Waals surface area (Å²) in [4.78, 5) is 16.3. The Morgan fingerprint density at radius 2 is 2.29 bits per heavy atom. The smallest absolute Gasteiger partial charge is 0.227 e. The van der Waals surface area contributed by atoms with E-state index in [1.54, 1.807) is 6.20 Å². The molecule has 0 unspecified atom stereocenters. The van der Waals surface area contributed by atoms with Crippen LogP contribution in [0.25, 0.3) is 0 Å². The highest BCUT2D eigenvalue weighted by atomic mass is 16.2. The summed E-state index contributed by atoms with van der Waals surface area (Å²) in [5.74, 6) is 0.156. The SMILES string of the molecule is CNCC1(C(=O)NCc2ccccn2)CCC1. The second kappa shape index (κ2) is 5.27. The zero-order valence-corrected chi connectivity index (χ0v) is 10.2. The first kappa shape index (κ1) is 12.0. The molecule has 0 atom stereocenters. The molecule has 1 saturated carbocycles. The Balaban J connectivity index is 1.88. The number of aromatic nitrogens is 1. The molecule has 0 radical (unpaired) electrons. The lowest BCUT2D eigenvalue weighted by atomic mass is 9.68. The molecule has 1 aromatic heterocycles. The molecule has 1 aliphatic rings. The van der Waals surface area contributed by atoms with Crippen molar-refractivity contribution in [3.63, 3.8) is 0 Å². The zero-order chi connectivity index (χ0) is 12.1. The van der Waals surface area contributed by atoms with Crippen LogP contribution in [0.15, 0.2) is 24.4 Å². The Hall–Kier alpha value is -1.42. The van der Waals surface area contributed by atoms with Crippen LogP contribution < -0.4 is 10.6 Å². The molecule has 2 N–H and O–H groups in total. The predicted molar refractivity (Wildman–Crippen MR) is 66.3 cm³/mol. The first-order valence-electron chi connectivity index (χ1n) is 6.10. The maximum Gasteiger partial charge on any atom is 0.227 e. The number of hydrogen-bond donors (Lipinski definition) is 2. The first-order valence-corrected chi connectivity index (χ1v) is 6.10. The third-order valence-electron chi connectivity index (χ3n) is 3.46. The number of carbonyl (C=O) groups excluding carboxylic acids is 1. The fourth-order valence-electron chi connectivity index (χ4n) is 2.29. The summed E-state index contributed by atoms with van der Waals surface area (Å²) in [6, 6.07) is 5.73. The van der Waals surface area contributed by atoms with Crippen molar-refractivity contribution in [2.24, 2.45) is 5.41 Å². The van der Waals surface area contributed by atoms with Crippen molar-refractivity contribution in [1.29, 1.82) is 0 Å². The number of nitrogens with one attached hydrogen (secondary N) is 2. The average Bonchev–Trinajstić information content (AvgIpc) is 2.32. The van der Waals surface area contributed by atoms with E-state index < -0.39 is 0 Å². The Kier molecular flexibility index (Phi) is 3.74. The van der Waals surface area contributed by atoms with E-state index >= 15 is 0 Å². The van der Waals surface area contributed by atoms with Crippen molar-refractivity contribution in [2.45, 2.75) is 25.8 Å². The van der Waals surface area contributed by atoms with Gasteiger partial charge in [-0.1, -0.05) is 12.5 Å². The molecule has 0 bridgehead atoms. The molecule has 1 fully saturated rings. The minimum Gasteiger partial charge on any atom is -0.350 e. The van der Waals surface area contributed by atoms with E-state index in [1.165, 1.54) is 0 Å². The monoisotopic (exact) mass is 233 g/mol. The molecular weight excluding hydrogens is 214 g/mol. The van der Waals surface area contributed by atoms with E-state index in [4.69, 9.17) is 0 Å². The molecule has 1 amide bonds. The predicted octanol–water partition coefficient (Wildman–Crippen LogP) is 1.09. The standard InChI is InChI=1S/C13H19N3O/c1-14-10-13(6-4-7-13)12(17)16-9-11-5-2-3-8-15-11/h2-3,5,8,14H,4,6-7,9-10H2,1H3,(H,16,17). The second-order valence-electron chi connectivity index (χ2n) is 4.67. The van der Waals surface area contributed by atoms with Crippen LogP contribution in [0.3, 0.4) is 0 Å². The number of pyridine rings is 1. The third kappa shape index (κ3) is 2.64. The van der Waals surface area contributed by atoms with Crippen molar-refractivity contribution >= 4 is 5.91 Å². The third-order valence-corrected chi connectivity index (χ3v) is 3.46. The summed E-state index contributed by atoms with van der Waals surface area (Å²) in [7, 11) is 1.89. The van der Waals surface area contributed by atoms with Gasteiger partial charge in [0.15, 0.2) is 0 Å². The van der Waals surface area contributed by atoms with Gasteiger partial charge in [0.25, 0.3) is 0 Å². The van der Waals surface area contributed by atoms with Gasteiger partial charge < -0.3 is 10.6 Å². The topological polar surface area (TPSA) is 54.0 Å². The van der Waals surface area contributed by atoms with Gasteiger partial charge in [-0.3, -0.25) is 9.78 Å². The van der Waals surface area contributed by atoms with Gasteiger partial charge in [0, 0.05) is 12.7 Å². The number of carbonyl (C=O) groups is 1. The van der Waals surface area contributed by atoms with Crippen LogP contribution >= 0.6 is 0 Å². The highest BCUT2D eigenvalue weighted by Gasteiger charge is 2.43. The van der Waals surface area contributed by atoms with Crippen LogP contribution in [0.4, 0.5) is 0 Å². The van der Waals surface area contributed by atoms with E-state index in [-0.39, 0.29) is 11.3 Å². The molecular formula is C13H19N3O. The lowest BCUT2D eigenvalue weighted by molar-refractivity contribution is -0.135. The second-order valence-corrected chi connectivity index (χ2v) is 4.67. The fraction of sp³-hybridized carbons (Fsp3) is 0.538. The summed E-state index contributed by atoms with van der Waals surface area (Å²) in [6.07, 6.45) is 4.87. The molecule has 0 aromatic carbocycles. The Bertz CT molecular complexity index is 374. The van der Waals surface area contributed by atoms with Crippen molar-refractivity contribution in [2.75, 3.05) is 13.6 Å². The lowest BCUT2D eigenvalue weighted by Crippen LogP contribution is -2.50. The van der Waals surface area contributed by atoms with E-state index in [1.807, 2.05) is 25.2 Å². The van der Waals surface area contributed by atoms with Gasteiger partial charge in [0.2, 0.25) is 5.91 Å². The van der Waals surface area contributed by atoms with E-state index in [0.717, 1.165) is 31.5 Å². The van der Waals surface area contributed by atoms with Crippen LogP contribution in [0, 0.1) is 5.41 Å². The molecule has 0 aliphatic heterocycles. The van der Waals surface area contributed by atoms with Crippen LogP contribution in [-0.4, -0.2) is 24.5 Å². The average molecular weight is 233 g/mol. The van der Waals surface area contributed by atoms with Gasteiger partial charge >= 0.3 is 0 Å². The summed E-state index contributed by atoms with van der Waals surface area (Å²) in [6.45, 7) is 1.28. The number of hydrogen-bond acceptors (Lipinski definition) is 3. The Morgan fingerprint density at radius 3 is 2.82 bits per heavy atom. The normalized spacial score (nSPS) is 17.2. The minimum atomic E-state index is -0.177. The molecule has 17 heavy (non-hydrogen) atoms. The molecule has 4 heteroatoms. The molecule has 0 saturated heterocycles. The van der Waals surface area contributed by atoms with Crippen LogP contribution in [0.5, 0.6) is 0 Å². The molecule has 0 spiro atoms. The van der Waals surface area contributed by atoms with Crippen molar-refractivity contribution in [1.82, 2.24) is 15.6 Å². The first-order chi connectivity index (χ1) is 8.27. The lowest BCUT2D eigenvalue weighted by Gasteiger charge is -2.40. The van der Waals surface area contributed by atoms with Crippen molar-refractivity contribution < 1.29 is 4.79 Å². The molecule has 1 heterocycles. The number of nitrogens with zero attached hydrogens (tertiary/aromatic N) is 1.